The number of amides is 1. The molecule has 2 fully saturated rings. The molecular weight excluding hydrogens is 224 g/mol. The van der Waals surface area contributed by atoms with Gasteiger partial charge in [-0.3, -0.25) is 4.79 Å². The number of carbonyl (C=O) groups is 1. The van der Waals surface area contributed by atoms with E-state index in [1.807, 2.05) is 0 Å². The standard InChI is InChI=1S/C15H28N2O/c18-15(14-8-11-16-12-9-14)17-10-4-7-13-5-2-1-3-6-13/h13-14,16H,1-12H2,(H,17,18). The van der Waals surface area contributed by atoms with Gasteiger partial charge in [-0.1, -0.05) is 32.1 Å². The predicted molar refractivity (Wildman–Crippen MR) is 74.4 cm³/mol. The van der Waals surface area contributed by atoms with Crippen molar-refractivity contribution in [3.63, 3.8) is 0 Å². The van der Waals surface area contributed by atoms with Crippen molar-refractivity contribution in [1.82, 2.24) is 10.6 Å². The third-order valence-electron chi connectivity index (χ3n) is 4.52. The van der Waals surface area contributed by atoms with Crippen molar-refractivity contribution in [2.45, 2.75) is 57.8 Å². The van der Waals surface area contributed by atoms with Crippen LogP contribution < -0.4 is 10.6 Å². The van der Waals surface area contributed by atoms with E-state index in [0.717, 1.165) is 38.4 Å². The Balaban J connectivity index is 1.52. The highest BCUT2D eigenvalue weighted by atomic mass is 16.1. The maximum Gasteiger partial charge on any atom is 0.223 e. The van der Waals surface area contributed by atoms with E-state index in [0.29, 0.717) is 5.91 Å². The van der Waals surface area contributed by atoms with Gasteiger partial charge in [-0.2, -0.15) is 0 Å². The van der Waals surface area contributed by atoms with Gasteiger partial charge in [0.25, 0.3) is 0 Å². The van der Waals surface area contributed by atoms with Gasteiger partial charge in [0.15, 0.2) is 0 Å². The van der Waals surface area contributed by atoms with Crippen molar-refractivity contribution in [2.24, 2.45) is 11.8 Å². The molecule has 0 aromatic heterocycles. The zero-order chi connectivity index (χ0) is 12.6. The summed E-state index contributed by atoms with van der Waals surface area (Å²) in [7, 11) is 0. The molecular formula is C15H28N2O. The lowest BCUT2D eigenvalue weighted by Crippen LogP contribution is -2.38. The van der Waals surface area contributed by atoms with Crippen LogP contribution in [-0.4, -0.2) is 25.5 Å². The second-order valence-electron chi connectivity index (χ2n) is 5.96. The average Bonchev–Trinajstić information content (AvgIpc) is 2.45. The maximum absolute atomic E-state index is 11.9. The number of rotatable bonds is 5. The fourth-order valence-corrected chi connectivity index (χ4v) is 3.31. The van der Waals surface area contributed by atoms with Crippen molar-refractivity contribution < 1.29 is 4.79 Å². The highest BCUT2D eigenvalue weighted by Crippen LogP contribution is 2.26. The first-order valence-electron chi connectivity index (χ1n) is 7.84. The first-order chi connectivity index (χ1) is 8.86. The minimum atomic E-state index is 0.265. The molecule has 104 valence electrons. The van der Waals surface area contributed by atoms with E-state index in [-0.39, 0.29) is 5.92 Å². The monoisotopic (exact) mass is 252 g/mol. The lowest BCUT2D eigenvalue weighted by molar-refractivity contribution is -0.125. The van der Waals surface area contributed by atoms with Crippen LogP contribution in [-0.2, 0) is 4.79 Å². The molecule has 1 aliphatic heterocycles. The summed E-state index contributed by atoms with van der Waals surface area (Å²) in [5.74, 6) is 1.50. The van der Waals surface area contributed by atoms with Gasteiger partial charge in [0.05, 0.1) is 0 Å². The molecule has 2 rings (SSSR count). The molecule has 18 heavy (non-hydrogen) atoms. The molecule has 0 unspecified atom stereocenters. The van der Waals surface area contributed by atoms with Gasteiger partial charge in [-0.05, 0) is 44.7 Å². The summed E-state index contributed by atoms with van der Waals surface area (Å²) in [6, 6.07) is 0. The van der Waals surface area contributed by atoms with Crippen LogP contribution in [0.4, 0.5) is 0 Å². The molecule has 1 amide bonds. The molecule has 3 nitrogen and oxygen atoms in total. The van der Waals surface area contributed by atoms with Crippen molar-refractivity contribution in [2.75, 3.05) is 19.6 Å². The first-order valence-corrected chi connectivity index (χ1v) is 7.84. The Morgan fingerprint density at radius 1 is 1.06 bits per heavy atom. The summed E-state index contributed by atoms with van der Waals surface area (Å²) < 4.78 is 0. The van der Waals surface area contributed by atoms with Gasteiger partial charge in [0, 0.05) is 12.5 Å². The molecule has 1 saturated heterocycles. The van der Waals surface area contributed by atoms with E-state index in [1.165, 1.54) is 44.9 Å². The summed E-state index contributed by atoms with van der Waals surface area (Å²) in [4.78, 5) is 11.9. The van der Waals surface area contributed by atoms with Crippen LogP contribution in [0, 0.1) is 11.8 Å². The van der Waals surface area contributed by atoms with Gasteiger partial charge in [0.2, 0.25) is 5.91 Å². The summed E-state index contributed by atoms with van der Waals surface area (Å²) in [6.07, 6.45) is 11.6. The Hall–Kier alpha value is -0.570. The average molecular weight is 252 g/mol. The minimum absolute atomic E-state index is 0.265. The van der Waals surface area contributed by atoms with Crippen molar-refractivity contribution >= 4 is 5.91 Å². The molecule has 1 heterocycles. The summed E-state index contributed by atoms with van der Waals surface area (Å²) in [6.45, 7) is 2.89. The lowest BCUT2D eigenvalue weighted by atomic mass is 9.86. The minimum Gasteiger partial charge on any atom is -0.356 e. The van der Waals surface area contributed by atoms with Gasteiger partial charge in [-0.15, -0.1) is 0 Å². The van der Waals surface area contributed by atoms with Crippen molar-refractivity contribution in [3.05, 3.63) is 0 Å². The molecule has 2 aliphatic rings. The van der Waals surface area contributed by atoms with Crippen molar-refractivity contribution in [3.8, 4) is 0 Å². The smallest absolute Gasteiger partial charge is 0.223 e. The lowest BCUT2D eigenvalue weighted by Gasteiger charge is -2.23. The predicted octanol–water partition coefficient (Wildman–Crippen LogP) is 2.46. The number of nitrogens with one attached hydrogen (secondary N) is 2. The Morgan fingerprint density at radius 2 is 1.78 bits per heavy atom. The van der Waals surface area contributed by atoms with Crippen LogP contribution in [0.5, 0.6) is 0 Å². The van der Waals surface area contributed by atoms with E-state index in [1.54, 1.807) is 0 Å². The van der Waals surface area contributed by atoms with Crippen LogP contribution in [0.3, 0.4) is 0 Å². The largest absolute Gasteiger partial charge is 0.356 e. The van der Waals surface area contributed by atoms with Crippen LogP contribution in [0.25, 0.3) is 0 Å². The first kappa shape index (κ1) is 13.9. The molecule has 0 radical (unpaired) electrons. The molecule has 0 bridgehead atoms. The Morgan fingerprint density at radius 3 is 2.50 bits per heavy atom. The SMILES string of the molecule is O=C(NCCCC1CCCCC1)C1CCNCC1. The van der Waals surface area contributed by atoms with E-state index in [9.17, 15) is 4.79 Å². The third kappa shape index (κ3) is 4.60. The van der Waals surface area contributed by atoms with Gasteiger partial charge in [-0.25, -0.2) is 0 Å². The highest BCUT2D eigenvalue weighted by molar-refractivity contribution is 5.78. The van der Waals surface area contributed by atoms with E-state index < -0.39 is 0 Å². The fraction of sp³-hybridized carbons (Fsp3) is 0.933. The van der Waals surface area contributed by atoms with Crippen LogP contribution in [0.1, 0.15) is 57.8 Å². The van der Waals surface area contributed by atoms with Crippen LogP contribution in [0.2, 0.25) is 0 Å². The number of hydrogen-bond donors (Lipinski definition) is 2. The zero-order valence-corrected chi connectivity index (χ0v) is 11.5. The quantitative estimate of drug-likeness (QED) is 0.738. The third-order valence-corrected chi connectivity index (χ3v) is 4.52. The van der Waals surface area contributed by atoms with Gasteiger partial charge in [0.1, 0.15) is 0 Å². The zero-order valence-electron chi connectivity index (χ0n) is 11.5. The van der Waals surface area contributed by atoms with Crippen LogP contribution in [0.15, 0.2) is 0 Å². The Bertz CT molecular complexity index is 243. The molecule has 2 N–H and O–H groups in total. The fourth-order valence-electron chi connectivity index (χ4n) is 3.31. The molecule has 0 aromatic carbocycles. The van der Waals surface area contributed by atoms with Crippen molar-refractivity contribution in [1.29, 1.82) is 0 Å². The number of piperidine rings is 1. The van der Waals surface area contributed by atoms with Gasteiger partial charge >= 0.3 is 0 Å². The molecule has 1 saturated carbocycles. The van der Waals surface area contributed by atoms with E-state index in [4.69, 9.17) is 0 Å². The van der Waals surface area contributed by atoms with E-state index >= 15 is 0 Å². The highest BCUT2D eigenvalue weighted by Gasteiger charge is 2.20. The summed E-state index contributed by atoms with van der Waals surface area (Å²) in [5, 5.41) is 6.43. The topological polar surface area (TPSA) is 41.1 Å². The van der Waals surface area contributed by atoms with Gasteiger partial charge < -0.3 is 10.6 Å². The van der Waals surface area contributed by atoms with E-state index in [2.05, 4.69) is 10.6 Å². The molecule has 3 heteroatoms. The summed E-state index contributed by atoms with van der Waals surface area (Å²) >= 11 is 0. The molecule has 0 atom stereocenters. The number of carbonyl (C=O) groups excluding carboxylic acids is 1. The molecule has 0 spiro atoms. The molecule has 1 aliphatic carbocycles. The normalized spacial score (nSPS) is 22.9. The Labute approximate surface area is 111 Å². The van der Waals surface area contributed by atoms with Crippen LogP contribution >= 0.6 is 0 Å². The molecule has 0 aromatic rings. The maximum atomic E-state index is 11.9. The number of hydrogen-bond acceptors (Lipinski definition) is 2. The summed E-state index contributed by atoms with van der Waals surface area (Å²) in [5.41, 5.74) is 0. The second kappa shape index (κ2) is 7.78. The second-order valence-corrected chi connectivity index (χ2v) is 5.96. The Kier molecular flexibility index (Phi) is 5.98.